The summed E-state index contributed by atoms with van der Waals surface area (Å²) >= 11 is 0. The molecule has 1 atom stereocenters. The maximum atomic E-state index is 13.0. The van der Waals surface area contributed by atoms with E-state index in [-0.39, 0.29) is 23.9 Å². The molecule has 0 saturated carbocycles. The average Bonchev–Trinajstić information content (AvgIpc) is 2.57. The van der Waals surface area contributed by atoms with Crippen LogP contribution >= 0.6 is 0 Å². The Hall–Kier alpha value is -1.46. The van der Waals surface area contributed by atoms with Gasteiger partial charge in [0.25, 0.3) is 0 Å². The summed E-state index contributed by atoms with van der Waals surface area (Å²) in [6.45, 7) is 2.90. The van der Waals surface area contributed by atoms with E-state index in [1.165, 1.54) is 12.1 Å². The predicted octanol–water partition coefficient (Wildman–Crippen LogP) is 2.16. The molecule has 23 heavy (non-hydrogen) atoms. The summed E-state index contributed by atoms with van der Waals surface area (Å²) in [7, 11) is 0. The van der Waals surface area contributed by atoms with E-state index in [9.17, 15) is 14.3 Å². The second-order valence-corrected chi connectivity index (χ2v) is 6.66. The number of halogens is 1. The van der Waals surface area contributed by atoms with E-state index in [2.05, 4.69) is 4.90 Å². The molecule has 4 nitrogen and oxygen atoms in total. The summed E-state index contributed by atoms with van der Waals surface area (Å²) in [4.78, 5) is 17.0. The highest BCUT2D eigenvalue weighted by Crippen LogP contribution is 2.23. The second kappa shape index (κ2) is 7.41. The first-order valence-corrected chi connectivity index (χ1v) is 8.59. The van der Waals surface area contributed by atoms with Gasteiger partial charge in [-0.2, -0.15) is 0 Å². The van der Waals surface area contributed by atoms with Crippen LogP contribution in [0.5, 0.6) is 0 Å². The summed E-state index contributed by atoms with van der Waals surface area (Å²) in [6.07, 6.45) is 4.16. The predicted molar refractivity (Wildman–Crippen MR) is 86.3 cm³/mol. The minimum absolute atomic E-state index is 0.0796. The third kappa shape index (κ3) is 4.09. The maximum absolute atomic E-state index is 13.0. The molecule has 0 aromatic heterocycles. The number of likely N-dealkylation sites (tertiary alicyclic amines) is 2. The molecular formula is C18H25FN2O2. The normalized spacial score (nSPS) is 23.9. The summed E-state index contributed by atoms with van der Waals surface area (Å²) < 4.78 is 13.0. The van der Waals surface area contributed by atoms with Crippen LogP contribution in [-0.4, -0.2) is 52.6 Å². The molecule has 1 amide bonds. The SMILES string of the molecule is O=C(C1CCCCN1Cc1ccc(F)cc1)N1CCC(O)CC1. The van der Waals surface area contributed by atoms with Crippen LogP contribution in [0.4, 0.5) is 4.39 Å². The third-order valence-electron chi connectivity index (χ3n) is 4.97. The molecule has 126 valence electrons. The van der Waals surface area contributed by atoms with Gasteiger partial charge in [-0.05, 0) is 49.9 Å². The Morgan fingerprint density at radius 3 is 2.48 bits per heavy atom. The molecular weight excluding hydrogens is 295 g/mol. The Morgan fingerprint density at radius 1 is 1.09 bits per heavy atom. The van der Waals surface area contributed by atoms with Gasteiger partial charge in [-0.25, -0.2) is 4.39 Å². The van der Waals surface area contributed by atoms with Crippen LogP contribution in [0.3, 0.4) is 0 Å². The zero-order valence-electron chi connectivity index (χ0n) is 13.5. The lowest BCUT2D eigenvalue weighted by molar-refractivity contribution is -0.140. The van der Waals surface area contributed by atoms with Gasteiger partial charge in [0.15, 0.2) is 0 Å². The molecule has 0 bridgehead atoms. The number of amides is 1. The summed E-state index contributed by atoms with van der Waals surface area (Å²) in [5.41, 5.74) is 1.04. The topological polar surface area (TPSA) is 43.8 Å². The van der Waals surface area contributed by atoms with Crippen molar-refractivity contribution < 1.29 is 14.3 Å². The average molecular weight is 320 g/mol. The van der Waals surface area contributed by atoms with E-state index >= 15 is 0 Å². The number of benzene rings is 1. The fourth-order valence-corrected chi connectivity index (χ4v) is 3.58. The fourth-order valence-electron chi connectivity index (χ4n) is 3.58. The van der Waals surface area contributed by atoms with Gasteiger partial charge < -0.3 is 10.0 Å². The van der Waals surface area contributed by atoms with Crippen LogP contribution in [0, 0.1) is 5.82 Å². The van der Waals surface area contributed by atoms with Gasteiger partial charge in [-0.3, -0.25) is 9.69 Å². The van der Waals surface area contributed by atoms with Gasteiger partial charge in [0.05, 0.1) is 12.1 Å². The molecule has 1 unspecified atom stereocenters. The highest BCUT2D eigenvalue weighted by Gasteiger charge is 2.33. The van der Waals surface area contributed by atoms with Crippen LogP contribution in [0.1, 0.15) is 37.7 Å². The van der Waals surface area contributed by atoms with E-state index in [4.69, 9.17) is 0 Å². The summed E-state index contributed by atoms with van der Waals surface area (Å²) in [5.74, 6) is -0.0365. The number of hydrogen-bond acceptors (Lipinski definition) is 3. The lowest BCUT2D eigenvalue weighted by atomic mass is 9.98. The van der Waals surface area contributed by atoms with Crippen molar-refractivity contribution in [3.8, 4) is 0 Å². The second-order valence-electron chi connectivity index (χ2n) is 6.66. The number of nitrogens with zero attached hydrogens (tertiary/aromatic N) is 2. The van der Waals surface area contributed by atoms with Crippen molar-refractivity contribution in [1.82, 2.24) is 9.80 Å². The van der Waals surface area contributed by atoms with Crippen molar-refractivity contribution in [3.05, 3.63) is 35.6 Å². The molecule has 0 aliphatic carbocycles. The van der Waals surface area contributed by atoms with Gasteiger partial charge >= 0.3 is 0 Å². The molecule has 2 fully saturated rings. The quantitative estimate of drug-likeness (QED) is 0.928. The van der Waals surface area contributed by atoms with Gasteiger partial charge in [0.1, 0.15) is 5.82 Å². The number of rotatable bonds is 3. The van der Waals surface area contributed by atoms with E-state index in [0.717, 1.165) is 31.4 Å². The first kappa shape index (κ1) is 16.4. The standard InChI is InChI=1S/C18H25FN2O2/c19-15-6-4-14(5-7-15)13-21-10-2-1-3-17(21)18(23)20-11-8-16(22)9-12-20/h4-7,16-17,22H,1-3,8-13H2. The van der Waals surface area contributed by atoms with Gasteiger partial charge in [-0.1, -0.05) is 18.6 Å². The van der Waals surface area contributed by atoms with Crippen LogP contribution < -0.4 is 0 Å². The third-order valence-corrected chi connectivity index (χ3v) is 4.97. The van der Waals surface area contributed by atoms with Crippen LogP contribution in [-0.2, 0) is 11.3 Å². The Bertz CT molecular complexity index is 526. The molecule has 0 spiro atoms. The van der Waals surface area contributed by atoms with Crippen molar-refractivity contribution in [2.45, 2.75) is 50.8 Å². The van der Waals surface area contributed by atoms with Crippen LogP contribution in [0.2, 0.25) is 0 Å². The number of piperidine rings is 2. The fraction of sp³-hybridized carbons (Fsp3) is 0.611. The Morgan fingerprint density at radius 2 is 1.78 bits per heavy atom. The van der Waals surface area contributed by atoms with Crippen molar-refractivity contribution >= 4 is 5.91 Å². The number of carbonyl (C=O) groups is 1. The molecule has 0 radical (unpaired) electrons. The van der Waals surface area contributed by atoms with E-state index in [0.29, 0.717) is 32.5 Å². The lowest BCUT2D eigenvalue weighted by Crippen LogP contribution is -2.52. The maximum Gasteiger partial charge on any atom is 0.239 e. The lowest BCUT2D eigenvalue weighted by Gasteiger charge is -2.39. The van der Waals surface area contributed by atoms with Crippen LogP contribution in [0.25, 0.3) is 0 Å². The first-order chi connectivity index (χ1) is 11.1. The van der Waals surface area contributed by atoms with Crippen molar-refractivity contribution in [3.63, 3.8) is 0 Å². The minimum Gasteiger partial charge on any atom is -0.393 e. The smallest absolute Gasteiger partial charge is 0.239 e. The number of carbonyl (C=O) groups excluding carboxylic acids is 1. The minimum atomic E-state index is -0.263. The summed E-state index contributed by atoms with van der Waals surface area (Å²) in [5, 5.41) is 9.61. The highest BCUT2D eigenvalue weighted by atomic mass is 19.1. The van der Waals surface area contributed by atoms with Gasteiger partial charge in [0, 0.05) is 19.6 Å². The van der Waals surface area contributed by atoms with Crippen LogP contribution in [0.15, 0.2) is 24.3 Å². The van der Waals surface area contributed by atoms with Crippen molar-refractivity contribution in [2.75, 3.05) is 19.6 Å². The Kier molecular flexibility index (Phi) is 5.28. The largest absolute Gasteiger partial charge is 0.393 e. The van der Waals surface area contributed by atoms with Crippen molar-refractivity contribution in [1.29, 1.82) is 0 Å². The number of hydrogen-bond donors (Lipinski definition) is 1. The Balaban J connectivity index is 1.65. The Labute approximate surface area is 136 Å². The molecule has 3 rings (SSSR count). The molecule has 1 aromatic rings. The number of aliphatic hydroxyl groups excluding tert-OH is 1. The molecule has 2 heterocycles. The zero-order chi connectivity index (χ0) is 16.2. The summed E-state index contributed by atoms with van der Waals surface area (Å²) in [6, 6.07) is 6.46. The molecule has 5 heteroatoms. The monoisotopic (exact) mass is 320 g/mol. The zero-order valence-corrected chi connectivity index (χ0v) is 13.5. The van der Waals surface area contributed by atoms with E-state index < -0.39 is 0 Å². The first-order valence-electron chi connectivity index (χ1n) is 8.59. The molecule has 2 aliphatic rings. The highest BCUT2D eigenvalue weighted by molar-refractivity contribution is 5.82. The van der Waals surface area contributed by atoms with Gasteiger partial charge in [-0.15, -0.1) is 0 Å². The van der Waals surface area contributed by atoms with E-state index in [1.807, 2.05) is 4.90 Å². The van der Waals surface area contributed by atoms with Gasteiger partial charge in [0.2, 0.25) is 5.91 Å². The van der Waals surface area contributed by atoms with Crippen molar-refractivity contribution in [2.24, 2.45) is 0 Å². The number of aliphatic hydroxyl groups is 1. The molecule has 1 aromatic carbocycles. The molecule has 2 aliphatic heterocycles. The molecule has 1 N–H and O–H groups in total. The molecule has 2 saturated heterocycles. The van der Waals surface area contributed by atoms with E-state index in [1.54, 1.807) is 12.1 Å².